The third-order valence-corrected chi connectivity index (χ3v) is 2.01. The van der Waals surface area contributed by atoms with E-state index in [2.05, 4.69) is 10.3 Å². The molecule has 3 nitrogen and oxygen atoms in total. The standard InChI is InChI=1S/C10H10N2O/c1-11-10-6-9(13)7-4-2-3-5-8(7)12-10/h2-6H,1H3,(H2,11,12,13). The largest absolute Gasteiger partial charge is 0.375 e. The zero-order valence-electron chi connectivity index (χ0n) is 7.29. The third-order valence-electron chi connectivity index (χ3n) is 2.01. The predicted molar refractivity (Wildman–Crippen MR) is 54.1 cm³/mol. The molecule has 0 aliphatic heterocycles. The van der Waals surface area contributed by atoms with Crippen molar-refractivity contribution in [3.05, 3.63) is 40.6 Å². The van der Waals surface area contributed by atoms with E-state index in [0.717, 1.165) is 16.7 Å². The van der Waals surface area contributed by atoms with Crippen LogP contribution in [-0.2, 0) is 0 Å². The average molecular weight is 174 g/mol. The van der Waals surface area contributed by atoms with Crippen LogP contribution in [0.5, 0.6) is 0 Å². The van der Waals surface area contributed by atoms with Crippen LogP contribution in [0.25, 0.3) is 10.9 Å². The third kappa shape index (κ3) is 1.28. The van der Waals surface area contributed by atoms with Crippen LogP contribution in [0.2, 0.25) is 0 Å². The molecule has 3 heteroatoms. The summed E-state index contributed by atoms with van der Waals surface area (Å²) >= 11 is 0. The van der Waals surface area contributed by atoms with Gasteiger partial charge < -0.3 is 10.3 Å². The van der Waals surface area contributed by atoms with Crippen molar-refractivity contribution in [1.82, 2.24) is 4.98 Å². The minimum absolute atomic E-state index is 0.0405. The summed E-state index contributed by atoms with van der Waals surface area (Å²) in [5.74, 6) is 0.740. The predicted octanol–water partition coefficient (Wildman–Crippen LogP) is 1.57. The molecule has 2 aromatic rings. The normalized spacial score (nSPS) is 10.2. The quantitative estimate of drug-likeness (QED) is 0.689. The summed E-state index contributed by atoms with van der Waals surface area (Å²) in [6, 6.07) is 9.02. The van der Waals surface area contributed by atoms with Gasteiger partial charge in [0.1, 0.15) is 5.82 Å². The molecule has 0 spiro atoms. The number of hydrogen-bond acceptors (Lipinski definition) is 2. The van der Waals surface area contributed by atoms with Gasteiger partial charge >= 0.3 is 0 Å². The van der Waals surface area contributed by atoms with Crippen LogP contribution >= 0.6 is 0 Å². The molecule has 1 aromatic heterocycles. The summed E-state index contributed by atoms with van der Waals surface area (Å²) in [5, 5.41) is 3.63. The van der Waals surface area contributed by atoms with Crippen molar-refractivity contribution >= 4 is 16.7 Å². The fourth-order valence-electron chi connectivity index (χ4n) is 1.33. The zero-order chi connectivity index (χ0) is 9.26. The molecule has 0 aliphatic carbocycles. The van der Waals surface area contributed by atoms with Crippen LogP contribution in [0.15, 0.2) is 35.1 Å². The van der Waals surface area contributed by atoms with Crippen LogP contribution in [0.1, 0.15) is 0 Å². The Morgan fingerprint density at radius 1 is 1.31 bits per heavy atom. The molecule has 2 N–H and O–H groups in total. The number of aromatic amines is 1. The van der Waals surface area contributed by atoms with Gasteiger partial charge in [-0.15, -0.1) is 0 Å². The Hall–Kier alpha value is -1.77. The van der Waals surface area contributed by atoms with E-state index in [9.17, 15) is 4.79 Å². The monoisotopic (exact) mass is 174 g/mol. The van der Waals surface area contributed by atoms with Gasteiger partial charge in [0, 0.05) is 18.5 Å². The summed E-state index contributed by atoms with van der Waals surface area (Å²) in [7, 11) is 1.78. The summed E-state index contributed by atoms with van der Waals surface area (Å²) in [6.45, 7) is 0. The number of pyridine rings is 1. The van der Waals surface area contributed by atoms with E-state index in [4.69, 9.17) is 0 Å². The molecule has 1 heterocycles. The number of fused-ring (bicyclic) bond motifs is 1. The maximum Gasteiger partial charge on any atom is 0.191 e. The first-order valence-electron chi connectivity index (χ1n) is 4.11. The van der Waals surface area contributed by atoms with Gasteiger partial charge in [0.15, 0.2) is 5.43 Å². The van der Waals surface area contributed by atoms with Gasteiger partial charge in [-0.25, -0.2) is 0 Å². The van der Waals surface area contributed by atoms with Crippen molar-refractivity contribution in [2.24, 2.45) is 0 Å². The van der Waals surface area contributed by atoms with Gasteiger partial charge in [-0.2, -0.15) is 0 Å². The molecule has 1 aromatic carbocycles. The Balaban J connectivity index is 2.85. The first kappa shape index (κ1) is 7.86. The van der Waals surface area contributed by atoms with Crippen molar-refractivity contribution in [3.8, 4) is 0 Å². The van der Waals surface area contributed by atoms with Crippen molar-refractivity contribution in [3.63, 3.8) is 0 Å². The highest BCUT2D eigenvalue weighted by atomic mass is 16.1. The smallest absolute Gasteiger partial charge is 0.191 e. The molecular formula is C10H10N2O. The molecule has 13 heavy (non-hydrogen) atoms. The molecule has 0 unspecified atom stereocenters. The summed E-state index contributed by atoms with van der Waals surface area (Å²) in [6.07, 6.45) is 0. The minimum Gasteiger partial charge on any atom is -0.375 e. The number of H-pyrrole nitrogens is 1. The van der Waals surface area contributed by atoms with E-state index in [-0.39, 0.29) is 5.43 Å². The van der Waals surface area contributed by atoms with Gasteiger partial charge in [0.2, 0.25) is 0 Å². The first-order chi connectivity index (χ1) is 6.31. The van der Waals surface area contributed by atoms with E-state index >= 15 is 0 Å². The molecule has 0 amide bonds. The lowest BCUT2D eigenvalue weighted by Gasteiger charge is -2.01. The summed E-state index contributed by atoms with van der Waals surface area (Å²) in [4.78, 5) is 14.6. The first-order valence-corrected chi connectivity index (χ1v) is 4.11. The van der Waals surface area contributed by atoms with E-state index in [1.807, 2.05) is 24.3 Å². The van der Waals surface area contributed by atoms with E-state index in [1.165, 1.54) is 0 Å². The number of rotatable bonds is 1. The molecule has 0 bridgehead atoms. The number of para-hydroxylation sites is 1. The Morgan fingerprint density at radius 2 is 2.08 bits per heavy atom. The molecule has 0 fully saturated rings. The van der Waals surface area contributed by atoms with Crippen molar-refractivity contribution < 1.29 is 0 Å². The number of aromatic nitrogens is 1. The number of benzene rings is 1. The number of hydrogen-bond donors (Lipinski definition) is 2. The highest BCUT2D eigenvalue weighted by Crippen LogP contribution is 2.08. The lowest BCUT2D eigenvalue weighted by atomic mass is 10.2. The van der Waals surface area contributed by atoms with Crippen molar-refractivity contribution in [2.75, 3.05) is 12.4 Å². The molecular weight excluding hydrogens is 164 g/mol. The molecule has 66 valence electrons. The van der Waals surface area contributed by atoms with Crippen LogP contribution in [0.4, 0.5) is 5.82 Å². The lowest BCUT2D eigenvalue weighted by Crippen LogP contribution is -2.04. The van der Waals surface area contributed by atoms with Crippen LogP contribution in [0, 0.1) is 0 Å². The lowest BCUT2D eigenvalue weighted by molar-refractivity contribution is 1.33. The highest BCUT2D eigenvalue weighted by molar-refractivity contribution is 5.79. The van der Waals surface area contributed by atoms with Crippen molar-refractivity contribution in [1.29, 1.82) is 0 Å². The molecule has 0 radical (unpaired) electrons. The number of nitrogens with one attached hydrogen (secondary N) is 2. The van der Waals surface area contributed by atoms with Gasteiger partial charge in [0.25, 0.3) is 0 Å². The van der Waals surface area contributed by atoms with E-state index < -0.39 is 0 Å². The van der Waals surface area contributed by atoms with E-state index in [0.29, 0.717) is 0 Å². The maximum absolute atomic E-state index is 11.5. The molecule has 0 aliphatic rings. The van der Waals surface area contributed by atoms with E-state index in [1.54, 1.807) is 13.1 Å². The SMILES string of the molecule is CNc1cc(=O)c2ccccc2[nH]1. The molecule has 0 saturated heterocycles. The zero-order valence-corrected chi connectivity index (χ0v) is 7.29. The topological polar surface area (TPSA) is 44.9 Å². The number of anilines is 1. The molecule has 0 atom stereocenters. The average Bonchev–Trinajstić information content (AvgIpc) is 2.18. The van der Waals surface area contributed by atoms with Crippen LogP contribution in [-0.4, -0.2) is 12.0 Å². The van der Waals surface area contributed by atoms with Gasteiger partial charge in [-0.05, 0) is 12.1 Å². The van der Waals surface area contributed by atoms with Gasteiger partial charge in [-0.3, -0.25) is 4.79 Å². The van der Waals surface area contributed by atoms with Crippen LogP contribution < -0.4 is 10.7 Å². The Labute approximate surface area is 75.4 Å². The second-order valence-electron chi connectivity index (χ2n) is 2.84. The Kier molecular flexibility index (Phi) is 1.77. The maximum atomic E-state index is 11.5. The van der Waals surface area contributed by atoms with Gasteiger partial charge in [-0.1, -0.05) is 12.1 Å². The fourth-order valence-corrected chi connectivity index (χ4v) is 1.33. The minimum atomic E-state index is 0.0405. The fraction of sp³-hybridized carbons (Fsp3) is 0.100. The highest BCUT2D eigenvalue weighted by Gasteiger charge is 1.98. The molecule has 0 saturated carbocycles. The summed E-state index contributed by atoms with van der Waals surface area (Å²) in [5.41, 5.74) is 0.901. The van der Waals surface area contributed by atoms with Gasteiger partial charge in [0.05, 0.1) is 5.52 Å². The summed E-state index contributed by atoms with van der Waals surface area (Å²) < 4.78 is 0. The second-order valence-corrected chi connectivity index (χ2v) is 2.84. The molecule has 2 rings (SSSR count). The van der Waals surface area contributed by atoms with Crippen molar-refractivity contribution in [2.45, 2.75) is 0 Å². The Bertz CT molecular complexity index is 487. The second kappa shape index (κ2) is 2.94. The van der Waals surface area contributed by atoms with Crippen LogP contribution in [0.3, 0.4) is 0 Å². The Morgan fingerprint density at radius 3 is 2.85 bits per heavy atom.